The van der Waals surface area contributed by atoms with Crippen molar-refractivity contribution in [2.45, 2.75) is 39.4 Å². The van der Waals surface area contributed by atoms with Crippen molar-refractivity contribution >= 4 is 0 Å². The quantitative estimate of drug-likeness (QED) is 0.102. The van der Waals surface area contributed by atoms with E-state index in [4.69, 9.17) is 18.2 Å². The van der Waals surface area contributed by atoms with Crippen LogP contribution in [0.2, 0.25) is 0 Å². The number of hydrogen-bond acceptors (Lipinski definition) is 3. The van der Waals surface area contributed by atoms with Crippen LogP contribution in [0, 0.1) is 31.9 Å². The average Bonchev–Trinajstić information content (AvgIpc) is 3.52. The smallest absolute Gasteiger partial charge is 0.305 e. The van der Waals surface area contributed by atoms with E-state index in [1.165, 1.54) is 28.5 Å². The molecule has 3 nitrogen and oxygen atoms in total. The molecule has 0 spiro atoms. The molecule has 73 heavy (non-hydrogen) atoms. The van der Waals surface area contributed by atoms with Crippen LogP contribution in [0.25, 0.3) is 89.5 Å². The van der Waals surface area contributed by atoms with Gasteiger partial charge in [0, 0.05) is 20.6 Å². The Morgan fingerprint density at radius 3 is 1.53 bits per heavy atom. The third-order valence-electron chi connectivity index (χ3n) is 13.2. The molecule has 11 rings (SSSR count). The molecule has 3 aromatic heterocycles. The Hall–Kier alpha value is -8.14. The summed E-state index contributed by atoms with van der Waals surface area (Å²) >= 11 is 0. The van der Waals surface area contributed by atoms with Gasteiger partial charge in [-0.3, -0.25) is 4.98 Å². The number of rotatable bonds is 14. The fourth-order valence-corrected chi connectivity index (χ4v) is 9.29. The predicted octanol–water partition coefficient (Wildman–Crippen LogP) is 16.8. The van der Waals surface area contributed by atoms with Crippen molar-refractivity contribution in [3.63, 3.8) is 0 Å². The molecule has 0 unspecified atom stereocenters. The summed E-state index contributed by atoms with van der Waals surface area (Å²) in [6.45, 7) is -4.51. The zero-order valence-electron chi connectivity index (χ0n) is 45.9. The summed E-state index contributed by atoms with van der Waals surface area (Å²) in [7, 11) is 0. The molecule has 11 aromatic rings. The van der Waals surface area contributed by atoms with Gasteiger partial charge in [0.25, 0.3) is 0 Å². The van der Waals surface area contributed by atoms with Crippen molar-refractivity contribution in [1.29, 1.82) is 0 Å². The summed E-state index contributed by atoms with van der Waals surface area (Å²) in [4.78, 5) is 14.1. The third kappa shape index (κ3) is 11.5. The monoisotopic (exact) mass is 1120 g/mol. The van der Waals surface area contributed by atoms with Gasteiger partial charge in [-0.25, -0.2) is 0 Å². The molecule has 0 aliphatic heterocycles. The number of benzene rings is 8. The van der Waals surface area contributed by atoms with E-state index in [-0.39, 0.29) is 31.2 Å². The van der Waals surface area contributed by atoms with Gasteiger partial charge in [-0.2, -0.15) is 0 Å². The molecule has 0 amide bonds. The predicted molar refractivity (Wildman–Crippen MR) is 297 cm³/mol. The standard InChI is InChI=1S/C69H52N3.Ir/c1-48-17-39-66(71-47-48)58-27-23-50(24-28-58)19-21-52-43-53(22-20-51-25-29-59(30-26-51)67-40-18-49(2)69(72-67)61-13-7-4-8-14-61)45-63(44-52)65-16-10-9-15-64(65)57-35-37-60(38-36-57)68-46-62(41-42-70-68)56-33-31-55(32-34-56)54-11-5-3-6-12-54;/h3-18,23-27,29,31-37,39-47H,19-22H2,1-2H3;/q-3;+3/i1D3,2D3;. The molecule has 0 saturated carbocycles. The first kappa shape index (κ1) is 41.5. The Balaban J connectivity index is 0.00000704. The minimum Gasteiger partial charge on any atom is -0.305 e. The zero-order chi connectivity index (χ0) is 53.6. The van der Waals surface area contributed by atoms with Crippen molar-refractivity contribution in [3.8, 4) is 89.5 Å². The van der Waals surface area contributed by atoms with Gasteiger partial charge in [-0.15, -0.1) is 101 Å². The Morgan fingerprint density at radius 2 is 0.932 bits per heavy atom. The van der Waals surface area contributed by atoms with E-state index in [0.29, 0.717) is 17.1 Å². The number of aromatic nitrogens is 3. The molecule has 0 N–H and O–H groups in total. The minimum absolute atomic E-state index is 0. The molecular formula is C69H52IrN3. The fourth-order valence-electron chi connectivity index (χ4n) is 9.29. The van der Waals surface area contributed by atoms with Crippen LogP contribution in [0.1, 0.15) is 41.6 Å². The van der Waals surface area contributed by atoms with Gasteiger partial charge in [-0.1, -0.05) is 182 Å². The fraction of sp³-hybridized carbons (Fsp3) is 0.0870. The minimum atomic E-state index is -2.31. The molecule has 8 aromatic carbocycles. The summed E-state index contributed by atoms with van der Waals surface area (Å²) in [5.74, 6) is 0. The largest absolute Gasteiger partial charge is 3.00 e. The third-order valence-corrected chi connectivity index (χ3v) is 13.2. The molecule has 0 saturated heterocycles. The molecular weight excluding hydrogens is 1060 g/mol. The van der Waals surface area contributed by atoms with Crippen LogP contribution in [-0.4, -0.2) is 15.0 Å². The zero-order valence-corrected chi connectivity index (χ0v) is 42.3. The summed E-state index contributed by atoms with van der Waals surface area (Å²) in [6.07, 6.45) is 6.45. The van der Waals surface area contributed by atoms with Gasteiger partial charge in [0.1, 0.15) is 0 Å². The first-order valence-corrected chi connectivity index (χ1v) is 24.3. The van der Waals surface area contributed by atoms with Crippen LogP contribution in [0.3, 0.4) is 0 Å². The summed E-state index contributed by atoms with van der Waals surface area (Å²) in [6, 6.07) is 84.0. The normalized spacial score (nSPS) is 12.5. The molecule has 352 valence electrons. The average molecular weight is 1120 g/mol. The van der Waals surface area contributed by atoms with Crippen LogP contribution in [0.4, 0.5) is 0 Å². The van der Waals surface area contributed by atoms with Crippen LogP contribution in [0.5, 0.6) is 0 Å². The first-order valence-electron chi connectivity index (χ1n) is 27.3. The van der Waals surface area contributed by atoms with Gasteiger partial charge in [0.2, 0.25) is 0 Å². The summed E-state index contributed by atoms with van der Waals surface area (Å²) in [5, 5.41) is 0. The Morgan fingerprint density at radius 1 is 0.384 bits per heavy atom. The Labute approximate surface area is 452 Å². The number of pyridine rings is 3. The molecule has 0 aliphatic carbocycles. The number of aryl methyl sites for hydroxylation is 6. The SMILES string of the molecule is [2H]C([2H])([2H])c1ccc(-c2[c-]cc(CCc3cc(CCc4c[c-]c(-c5ccc(C([2H])([2H])[2H])c(-c6ccccc6)n5)cc4)cc(-c4ccccc4-c4c[c-]c(-c5cc(-c6ccc(-c7ccccc7)cc6)ccn5)cc4)c3)cc2)nc1.[Ir+3]. The van der Waals surface area contributed by atoms with Gasteiger partial charge >= 0.3 is 20.1 Å². The maximum absolute atomic E-state index is 8.17. The van der Waals surface area contributed by atoms with E-state index < -0.39 is 13.7 Å². The van der Waals surface area contributed by atoms with Gasteiger partial charge in [-0.05, 0) is 111 Å². The van der Waals surface area contributed by atoms with Crippen LogP contribution in [0.15, 0.2) is 231 Å². The van der Waals surface area contributed by atoms with Crippen molar-refractivity contribution < 1.29 is 28.3 Å². The molecule has 0 atom stereocenters. The van der Waals surface area contributed by atoms with Crippen molar-refractivity contribution in [1.82, 2.24) is 15.0 Å². The summed E-state index contributed by atoms with van der Waals surface area (Å²) in [5.41, 5.74) is 20.1. The Kier molecular flexibility index (Phi) is 12.8. The maximum Gasteiger partial charge on any atom is 3.00 e. The van der Waals surface area contributed by atoms with Crippen molar-refractivity contribution in [2.75, 3.05) is 0 Å². The Bertz CT molecular complexity index is 3830. The van der Waals surface area contributed by atoms with E-state index in [2.05, 4.69) is 151 Å². The molecule has 4 heteroatoms. The molecule has 0 aliphatic rings. The second-order valence-electron chi connectivity index (χ2n) is 18.1. The van der Waals surface area contributed by atoms with E-state index in [9.17, 15) is 0 Å². The van der Waals surface area contributed by atoms with Crippen molar-refractivity contribution in [3.05, 3.63) is 282 Å². The van der Waals surface area contributed by atoms with E-state index >= 15 is 0 Å². The van der Waals surface area contributed by atoms with E-state index in [1.54, 1.807) is 24.3 Å². The van der Waals surface area contributed by atoms with Crippen LogP contribution >= 0.6 is 0 Å². The van der Waals surface area contributed by atoms with Gasteiger partial charge in [0.05, 0.1) is 5.69 Å². The topological polar surface area (TPSA) is 38.7 Å². The summed E-state index contributed by atoms with van der Waals surface area (Å²) < 4.78 is 47.6. The van der Waals surface area contributed by atoms with E-state index in [1.807, 2.05) is 72.9 Å². The number of nitrogens with zero attached hydrogens (tertiary/aromatic N) is 3. The molecule has 0 radical (unpaired) electrons. The van der Waals surface area contributed by atoms with Crippen molar-refractivity contribution in [2.24, 2.45) is 0 Å². The van der Waals surface area contributed by atoms with Gasteiger partial charge in [0.15, 0.2) is 0 Å². The molecule has 3 heterocycles. The molecule has 0 bridgehead atoms. The molecule has 0 fully saturated rings. The second kappa shape index (κ2) is 22.5. The van der Waals surface area contributed by atoms with E-state index in [0.717, 1.165) is 98.1 Å². The first-order chi connectivity index (χ1) is 37.9. The van der Waals surface area contributed by atoms with Crippen LogP contribution < -0.4 is 0 Å². The van der Waals surface area contributed by atoms with Crippen LogP contribution in [-0.2, 0) is 45.8 Å². The second-order valence-corrected chi connectivity index (χ2v) is 18.1. The van der Waals surface area contributed by atoms with Gasteiger partial charge < -0.3 is 9.97 Å². The number of hydrogen-bond donors (Lipinski definition) is 0. The maximum atomic E-state index is 8.17.